The summed E-state index contributed by atoms with van der Waals surface area (Å²) in [5, 5.41) is 19.4. The van der Waals surface area contributed by atoms with E-state index in [1.165, 1.54) is 19.1 Å². The van der Waals surface area contributed by atoms with Crippen LogP contribution < -0.4 is 4.74 Å². The molecule has 0 aliphatic carbocycles. The molecule has 0 saturated heterocycles. The van der Waals surface area contributed by atoms with Crippen molar-refractivity contribution in [3.8, 4) is 17.2 Å². The Kier molecular flexibility index (Phi) is 3.71. The summed E-state index contributed by atoms with van der Waals surface area (Å²) in [5.74, 6) is -0.722. The average molecular weight is 258 g/mol. The number of phenols is 2. The minimum absolute atomic E-state index is 0.00377. The number of carbonyl (C=O) groups excluding carboxylic acids is 1. The van der Waals surface area contributed by atoms with Crippen molar-refractivity contribution < 1.29 is 19.7 Å². The van der Waals surface area contributed by atoms with Gasteiger partial charge in [-0.25, -0.2) is 0 Å². The van der Waals surface area contributed by atoms with Crippen molar-refractivity contribution in [3.05, 3.63) is 53.6 Å². The number of ether oxygens (including phenoxy) is 1. The van der Waals surface area contributed by atoms with Gasteiger partial charge in [0.1, 0.15) is 17.9 Å². The topological polar surface area (TPSA) is 66.8 Å². The van der Waals surface area contributed by atoms with E-state index >= 15 is 0 Å². The Morgan fingerprint density at radius 2 is 1.68 bits per heavy atom. The lowest BCUT2D eigenvalue weighted by Crippen LogP contribution is -2.02. The number of ketones is 1. The van der Waals surface area contributed by atoms with Gasteiger partial charge in [0.05, 0.1) is 0 Å². The summed E-state index contributed by atoms with van der Waals surface area (Å²) in [6.07, 6.45) is 0. The standard InChI is InChI=1S/C15H14O4/c1-10(16)14-12(17)7-8-13(18)15(14)19-9-11-5-3-2-4-6-11/h2-8,17-18H,9H2,1H3. The molecular formula is C15H14O4. The number of phenolic OH excluding ortho intramolecular Hbond substituents is 2. The van der Waals surface area contributed by atoms with Crippen LogP contribution in [-0.2, 0) is 6.61 Å². The van der Waals surface area contributed by atoms with E-state index in [0.717, 1.165) is 5.56 Å². The van der Waals surface area contributed by atoms with Gasteiger partial charge >= 0.3 is 0 Å². The second-order valence-electron chi connectivity index (χ2n) is 4.14. The molecule has 0 aliphatic rings. The Morgan fingerprint density at radius 3 is 2.32 bits per heavy atom. The normalized spacial score (nSPS) is 10.2. The van der Waals surface area contributed by atoms with Crippen molar-refractivity contribution in [2.75, 3.05) is 0 Å². The molecule has 2 N–H and O–H groups in total. The minimum Gasteiger partial charge on any atom is -0.507 e. The molecule has 0 radical (unpaired) electrons. The first kappa shape index (κ1) is 13.0. The average Bonchev–Trinajstić information content (AvgIpc) is 2.40. The molecule has 98 valence electrons. The van der Waals surface area contributed by atoms with Crippen molar-refractivity contribution in [2.45, 2.75) is 13.5 Å². The molecule has 0 spiro atoms. The highest BCUT2D eigenvalue weighted by Crippen LogP contribution is 2.36. The number of hydrogen-bond acceptors (Lipinski definition) is 4. The molecule has 0 unspecified atom stereocenters. The van der Waals surface area contributed by atoms with Gasteiger partial charge in [-0.3, -0.25) is 4.79 Å². The zero-order valence-corrected chi connectivity index (χ0v) is 10.5. The number of Topliss-reactive ketones (excluding diaryl/α,β-unsaturated/α-hetero) is 1. The fourth-order valence-corrected chi connectivity index (χ4v) is 1.78. The molecule has 2 aromatic rings. The maximum atomic E-state index is 11.5. The van der Waals surface area contributed by atoms with Crippen LogP contribution >= 0.6 is 0 Å². The highest BCUT2D eigenvalue weighted by atomic mass is 16.5. The Labute approximate surface area is 110 Å². The van der Waals surface area contributed by atoms with Gasteiger partial charge in [-0.2, -0.15) is 0 Å². The number of benzene rings is 2. The molecule has 0 heterocycles. The molecule has 4 heteroatoms. The van der Waals surface area contributed by atoms with Crippen molar-refractivity contribution >= 4 is 5.78 Å². The summed E-state index contributed by atoms with van der Waals surface area (Å²) >= 11 is 0. The van der Waals surface area contributed by atoms with E-state index in [0.29, 0.717) is 0 Å². The van der Waals surface area contributed by atoms with Gasteiger partial charge in [0.2, 0.25) is 0 Å². The number of aromatic hydroxyl groups is 2. The van der Waals surface area contributed by atoms with Crippen LogP contribution in [0.1, 0.15) is 22.8 Å². The lowest BCUT2D eigenvalue weighted by molar-refractivity contribution is 0.100. The van der Waals surface area contributed by atoms with E-state index in [1.807, 2.05) is 30.3 Å². The molecule has 4 nitrogen and oxygen atoms in total. The monoisotopic (exact) mass is 258 g/mol. The van der Waals surface area contributed by atoms with E-state index in [2.05, 4.69) is 0 Å². The summed E-state index contributed by atoms with van der Waals surface area (Å²) < 4.78 is 5.47. The predicted molar refractivity (Wildman–Crippen MR) is 70.6 cm³/mol. The lowest BCUT2D eigenvalue weighted by Gasteiger charge is -2.12. The predicted octanol–water partition coefficient (Wildman–Crippen LogP) is 2.88. The van der Waals surface area contributed by atoms with E-state index in [-0.39, 0.29) is 35.2 Å². The lowest BCUT2D eigenvalue weighted by atomic mass is 10.1. The maximum Gasteiger partial charge on any atom is 0.175 e. The molecule has 2 aromatic carbocycles. The first-order valence-electron chi connectivity index (χ1n) is 5.82. The van der Waals surface area contributed by atoms with Crippen molar-refractivity contribution in [1.29, 1.82) is 0 Å². The fraction of sp³-hybridized carbons (Fsp3) is 0.133. The first-order valence-corrected chi connectivity index (χ1v) is 5.82. The summed E-state index contributed by atoms with van der Waals surface area (Å²) in [4.78, 5) is 11.5. The van der Waals surface area contributed by atoms with Crippen LogP contribution in [0.2, 0.25) is 0 Å². The van der Waals surface area contributed by atoms with E-state index in [1.54, 1.807) is 0 Å². The van der Waals surface area contributed by atoms with Crippen LogP contribution in [0.4, 0.5) is 0 Å². The highest BCUT2D eigenvalue weighted by Gasteiger charge is 2.18. The molecule has 0 bridgehead atoms. The number of rotatable bonds is 4. The van der Waals surface area contributed by atoms with Crippen LogP contribution in [0.3, 0.4) is 0 Å². The molecule has 0 aromatic heterocycles. The number of hydrogen-bond donors (Lipinski definition) is 2. The molecule has 2 rings (SSSR count). The number of carbonyl (C=O) groups is 1. The Bertz CT molecular complexity index is 591. The van der Waals surface area contributed by atoms with Gasteiger partial charge in [-0.1, -0.05) is 30.3 Å². The van der Waals surface area contributed by atoms with Crippen molar-refractivity contribution in [2.24, 2.45) is 0 Å². The second kappa shape index (κ2) is 5.44. The molecule has 0 atom stereocenters. The van der Waals surface area contributed by atoms with E-state index in [4.69, 9.17) is 4.74 Å². The highest BCUT2D eigenvalue weighted by molar-refractivity contribution is 6.00. The van der Waals surface area contributed by atoms with Gasteiger partial charge in [0.15, 0.2) is 17.3 Å². The molecule has 0 fully saturated rings. The first-order chi connectivity index (χ1) is 9.09. The zero-order chi connectivity index (χ0) is 13.8. The molecular weight excluding hydrogens is 244 g/mol. The third kappa shape index (κ3) is 2.85. The van der Waals surface area contributed by atoms with Crippen LogP contribution in [0.15, 0.2) is 42.5 Å². The largest absolute Gasteiger partial charge is 0.507 e. The maximum absolute atomic E-state index is 11.5. The van der Waals surface area contributed by atoms with Crippen molar-refractivity contribution in [3.63, 3.8) is 0 Å². The van der Waals surface area contributed by atoms with Crippen LogP contribution in [-0.4, -0.2) is 16.0 Å². The molecule has 0 amide bonds. The van der Waals surface area contributed by atoms with Crippen LogP contribution in [0.25, 0.3) is 0 Å². The summed E-state index contributed by atoms with van der Waals surface area (Å²) in [7, 11) is 0. The summed E-state index contributed by atoms with van der Waals surface area (Å²) in [5.41, 5.74) is 0.899. The second-order valence-corrected chi connectivity index (χ2v) is 4.14. The van der Waals surface area contributed by atoms with Gasteiger partial charge in [0, 0.05) is 0 Å². The van der Waals surface area contributed by atoms with Crippen LogP contribution in [0.5, 0.6) is 17.2 Å². The third-order valence-electron chi connectivity index (χ3n) is 2.69. The van der Waals surface area contributed by atoms with Gasteiger partial charge in [-0.05, 0) is 24.6 Å². The Morgan fingerprint density at radius 1 is 1.05 bits per heavy atom. The molecule has 0 saturated carbocycles. The quantitative estimate of drug-likeness (QED) is 0.653. The Balaban J connectivity index is 2.29. The molecule has 0 aliphatic heterocycles. The minimum atomic E-state index is -0.364. The molecule has 19 heavy (non-hydrogen) atoms. The van der Waals surface area contributed by atoms with E-state index < -0.39 is 0 Å². The smallest absolute Gasteiger partial charge is 0.175 e. The van der Waals surface area contributed by atoms with Crippen molar-refractivity contribution in [1.82, 2.24) is 0 Å². The third-order valence-corrected chi connectivity index (χ3v) is 2.69. The summed E-state index contributed by atoms with van der Waals surface area (Å²) in [6, 6.07) is 11.9. The van der Waals surface area contributed by atoms with E-state index in [9.17, 15) is 15.0 Å². The Hall–Kier alpha value is -2.49. The van der Waals surface area contributed by atoms with Gasteiger partial charge < -0.3 is 14.9 Å². The van der Waals surface area contributed by atoms with Gasteiger partial charge in [-0.15, -0.1) is 0 Å². The van der Waals surface area contributed by atoms with Gasteiger partial charge in [0.25, 0.3) is 0 Å². The van der Waals surface area contributed by atoms with Crippen LogP contribution in [0, 0.1) is 0 Å². The fourth-order valence-electron chi connectivity index (χ4n) is 1.78. The summed E-state index contributed by atoms with van der Waals surface area (Å²) in [6.45, 7) is 1.52. The SMILES string of the molecule is CC(=O)c1c(O)ccc(O)c1OCc1ccccc1. The zero-order valence-electron chi connectivity index (χ0n) is 10.5.